The fraction of sp³-hybridized carbons (Fsp3) is 0.533. The lowest BCUT2D eigenvalue weighted by atomic mass is 10.1. The van der Waals surface area contributed by atoms with E-state index in [0.29, 0.717) is 54.1 Å². The number of fused-ring (bicyclic) bond motifs is 3. The summed E-state index contributed by atoms with van der Waals surface area (Å²) in [6, 6.07) is 1.76. The normalized spacial score (nSPS) is 26.9. The third-order valence-corrected chi connectivity index (χ3v) is 5.25. The summed E-state index contributed by atoms with van der Waals surface area (Å²) in [5.74, 6) is 1.34. The summed E-state index contributed by atoms with van der Waals surface area (Å²) in [7, 11) is 0. The molecular formula is C15H16Cl2N2O4. The first-order chi connectivity index (χ1) is 11.0. The van der Waals surface area contributed by atoms with Crippen LogP contribution in [0.4, 0.5) is 0 Å². The van der Waals surface area contributed by atoms with E-state index < -0.39 is 12.2 Å². The largest absolute Gasteiger partial charge is 0.489 e. The van der Waals surface area contributed by atoms with Gasteiger partial charge in [-0.15, -0.1) is 0 Å². The number of ether oxygens (including phenoxy) is 2. The number of benzene rings is 1. The highest BCUT2D eigenvalue weighted by molar-refractivity contribution is 6.44. The maximum absolute atomic E-state index is 9.63. The lowest BCUT2D eigenvalue weighted by molar-refractivity contribution is 0.0438. The van der Waals surface area contributed by atoms with Gasteiger partial charge in [-0.2, -0.15) is 0 Å². The van der Waals surface area contributed by atoms with Crippen molar-refractivity contribution in [2.75, 3.05) is 6.61 Å². The van der Waals surface area contributed by atoms with Crippen LogP contribution < -0.4 is 4.74 Å². The van der Waals surface area contributed by atoms with Gasteiger partial charge in [0.1, 0.15) is 29.7 Å². The van der Waals surface area contributed by atoms with Crippen LogP contribution in [-0.4, -0.2) is 38.6 Å². The van der Waals surface area contributed by atoms with Crippen molar-refractivity contribution in [1.29, 1.82) is 0 Å². The Morgan fingerprint density at radius 1 is 1.30 bits per heavy atom. The first-order valence-corrected chi connectivity index (χ1v) is 8.24. The van der Waals surface area contributed by atoms with E-state index in [0.717, 1.165) is 11.3 Å². The van der Waals surface area contributed by atoms with Crippen LogP contribution in [0, 0.1) is 5.92 Å². The predicted octanol–water partition coefficient (Wildman–Crippen LogP) is 2.34. The van der Waals surface area contributed by atoms with Crippen LogP contribution in [0.15, 0.2) is 6.07 Å². The Morgan fingerprint density at radius 3 is 2.78 bits per heavy atom. The van der Waals surface area contributed by atoms with Crippen LogP contribution in [0.2, 0.25) is 10.0 Å². The van der Waals surface area contributed by atoms with Gasteiger partial charge in [0, 0.05) is 0 Å². The Hall–Kier alpha value is -1.05. The van der Waals surface area contributed by atoms with Gasteiger partial charge in [0.2, 0.25) is 0 Å². The van der Waals surface area contributed by atoms with E-state index >= 15 is 0 Å². The van der Waals surface area contributed by atoms with Gasteiger partial charge in [-0.25, -0.2) is 4.98 Å². The van der Waals surface area contributed by atoms with Gasteiger partial charge in [0.15, 0.2) is 5.75 Å². The van der Waals surface area contributed by atoms with Crippen molar-refractivity contribution in [1.82, 2.24) is 9.55 Å². The summed E-state index contributed by atoms with van der Waals surface area (Å²) in [5, 5.41) is 20.0. The van der Waals surface area contributed by atoms with Gasteiger partial charge in [-0.3, -0.25) is 0 Å². The van der Waals surface area contributed by atoms with Gasteiger partial charge in [0.05, 0.1) is 29.4 Å². The molecule has 1 fully saturated rings. The van der Waals surface area contributed by atoms with Gasteiger partial charge >= 0.3 is 0 Å². The number of aromatic nitrogens is 2. The molecule has 1 aromatic heterocycles. The Balaban J connectivity index is 1.65. The SMILES string of the molecule is OC1CC(COc2c(Cl)c(Cl)cc3c2nc2n3COC2)CC1O. The molecule has 4 rings (SSSR count). The van der Waals surface area contributed by atoms with Crippen LogP contribution in [0.1, 0.15) is 18.7 Å². The van der Waals surface area contributed by atoms with Crippen LogP contribution >= 0.6 is 23.2 Å². The molecule has 0 radical (unpaired) electrons. The zero-order valence-electron chi connectivity index (χ0n) is 12.2. The van der Waals surface area contributed by atoms with E-state index in [4.69, 9.17) is 32.7 Å². The average molecular weight is 359 g/mol. The highest BCUT2D eigenvalue weighted by Gasteiger charge is 2.32. The highest BCUT2D eigenvalue weighted by atomic mass is 35.5. The average Bonchev–Trinajstić information content (AvgIpc) is 3.17. The predicted molar refractivity (Wildman–Crippen MR) is 84.8 cm³/mol. The van der Waals surface area contributed by atoms with E-state index in [2.05, 4.69) is 4.98 Å². The molecule has 2 atom stereocenters. The van der Waals surface area contributed by atoms with E-state index in [1.54, 1.807) is 6.07 Å². The molecule has 1 saturated carbocycles. The standard InChI is InChI=1S/C15H16Cl2N2O4/c16-8-3-9-14(18-12-5-22-6-19(9)12)15(13(8)17)23-4-7-1-10(20)11(21)2-7/h3,7,10-11,20-21H,1-2,4-6H2. The Kier molecular flexibility index (Phi) is 3.90. The first kappa shape index (κ1) is 15.5. The van der Waals surface area contributed by atoms with Crippen LogP contribution in [-0.2, 0) is 18.1 Å². The highest BCUT2D eigenvalue weighted by Crippen LogP contribution is 2.40. The topological polar surface area (TPSA) is 76.7 Å². The third kappa shape index (κ3) is 2.58. The maximum Gasteiger partial charge on any atom is 0.167 e. The van der Waals surface area contributed by atoms with Crippen molar-refractivity contribution in [3.8, 4) is 5.75 Å². The van der Waals surface area contributed by atoms with Gasteiger partial charge in [-0.05, 0) is 24.8 Å². The Bertz CT molecular complexity index is 754. The molecule has 1 aliphatic carbocycles. The summed E-state index contributed by atoms with van der Waals surface area (Å²) >= 11 is 12.5. The molecule has 8 heteroatoms. The minimum Gasteiger partial charge on any atom is -0.489 e. The second kappa shape index (κ2) is 5.79. The van der Waals surface area contributed by atoms with E-state index in [-0.39, 0.29) is 5.92 Å². The molecule has 0 amide bonds. The summed E-state index contributed by atoms with van der Waals surface area (Å²) in [4.78, 5) is 4.54. The van der Waals surface area contributed by atoms with Crippen molar-refractivity contribution in [3.63, 3.8) is 0 Å². The van der Waals surface area contributed by atoms with E-state index in [9.17, 15) is 10.2 Å². The molecular weight excluding hydrogens is 343 g/mol. The summed E-state index contributed by atoms with van der Waals surface area (Å²) in [6.45, 7) is 1.23. The fourth-order valence-electron chi connectivity index (χ4n) is 3.27. The summed E-state index contributed by atoms with van der Waals surface area (Å²) < 4.78 is 13.2. The molecule has 0 spiro atoms. The van der Waals surface area contributed by atoms with Crippen molar-refractivity contribution >= 4 is 34.2 Å². The molecule has 2 unspecified atom stereocenters. The van der Waals surface area contributed by atoms with E-state index in [1.807, 2.05) is 4.57 Å². The number of aliphatic hydroxyl groups excluding tert-OH is 2. The summed E-state index contributed by atoms with van der Waals surface area (Å²) in [5.41, 5.74) is 1.49. The zero-order valence-corrected chi connectivity index (χ0v) is 13.7. The second-order valence-corrected chi connectivity index (χ2v) is 6.87. The van der Waals surface area contributed by atoms with Crippen LogP contribution in [0.25, 0.3) is 11.0 Å². The zero-order chi connectivity index (χ0) is 16.1. The first-order valence-electron chi connectivity index (χ1n) is 7.48. The molecule has 124 valence electrons. The van der Waals surface area contributed by atoms with Crippen molar-refractivity contribution in [2.24, 2.45) is 5.92 Å². The summed E-state index contributed by atoms with van der Waals surface area (Å²) in [6.07, 6.45) is -0.356. The van der Waals surface area contributed by atoms with Gasteiger partial charge in [0.25, 0.3) is 0 Å². The smallest absolute Gasteiger partial charge is 0.167 e. The maximum atomic E-state index is 9.63. The number of hydrogen-bond donors (Lipinski definition) is 2. The lowest BCUT2D eigenvalue weighted by Crippen LogP contribution is -2.17. The van der Waals surface area contributed by atoms with Crippen molar-refractivity contribution in [2.45, 2.75) is 38.4 Å². The number of hydrogen-bond acceptors (Lipinski definition) is 5. The molecule has 6 nitrogen and oxygen atoms in total. The molecule has 2 aromatic rings. The molecule has 23 heavy (non-hydrogen) atoms. The number of nitrogens with zero attached hydrogens (tertiary/aromatic N) is 2. The van der Waals surface area contributed by atoms with Gasteiger partial charge in [-0.1, -0.05) is 23.2 Å². The second-order valence-electron chi connectivity index (χ2n) is 6.09. The minimum absolute atomic E-state index is 0.0721. The molecule has 0 bridgehead atoms. The Labute approximate surface area is 142 Å². The van der Waals surface area contributed by atoms with E-state index in [1.165, 1.54) is 0 Å². The van der Waals surface area contributed by atoms with Crippen molar-refractivity contribution in [3.05, 3.63) is 21.9 Å². The fourth-order valence-corrected chi connectivity index (χ4v) is 3.66. The number of halogens is 2. The molecule has 2 aliphatic rings. The molecule has 1 aliphatic heterocycles. The molecule has 0 saturated heterocycles. The van der Waals surface area contributed by atoms with Crippen molar-refractivity contribution < 1.29 is 19.7 Å². The van der Waals surface area contributed by atoms with Gasteiger partial charge < -0.3 is 24.3 Å². The quantitative estimate of drug-likeness (QED) is 0.880. The third-order valence-electron chi connectivity index (χ3n) is 4.48. The monoisotopic (exact) mass is 358 g/mol. The van der Waals surface area contributed by atoms with Crippen LogP contribution in [0.5, 0.6) is 5.75 Å². The lowest BCUT2D eigenvalue weighted by Gasteiger charge is -2.14. The number of rotatable bonds is 3. The number of imidazole rings is 1. The molecule has 2 N–H and O–H groups in total. The molecule has 1 aromatic carbocycles. The Morgan fingerprint density at radius 2 is 2.04 bits per heavy atom. The van der Waals surface area contributed by atoms with Crippen LogP contribution in [0.3, 0.4) is 0 Å². The molecule has 2 heterocycles. The minimum atomic E-state index is -0.688. The number of aliphatic hydroxyl groups is 2.